The average molecular weight is 466 g/mol. The predicted octanol–water partition coefficient (Wildman–Crippen LogP) is 7.29. The van der Waals surface area contributed by atoms with Gasteiger partial charge in [-0.1, -0.05) is 53.9 Å². The second-order valence-electron chi connectivity index (χ2n) is 12.9. The van der Waals surface area contributed by atoms with Gasteiger partial charge < -0.3 is 0 Å². The van der Waals surface area contributed by atoms with Crippen molar-refractivity contribution in [2.45, 2.75) is 116 Å². The highest BCUT2D eigenvalue weighted by Crippen LogP contribution is 2.70. The van der Waals surface area contributed by atoms with Crippen LogP contribution in [-0.2, 0) is 4.79 Å². The molecule has 0 aromatic rings. The van der Waals surface area contributed by atoms with Crippen LogP contribution < -0.4 is 0 Å². The van der Waals surface area contributed by atoms with Crippen LogP contribution in [0, 0.1) is 56.5 Å². The van der Waals surface area contributed by atoms with Gasteiger partial charge in [0.25, 0.3) is 0 Å². The Labute approximate surface area is 199 Å². The summed E-state index contributed by atoms with van der Waals surface area (Å²) in [6, 6.07) is -0.801. The minimum absolute atomic E-state index is 0.111. The zero-order valence-electron chi connectivity index (χ0n) is 20.9. The normalized spacial score (nSPS) is 47.0. The van der Waals surface area contributed by atoms with Crippen LogP contribution in [0.15, 0.2) is 0 Å². The maximum absolute atomic E-state index is 12.4. The molecule has 32 heavy (non-hydrogen) atoms. The summed E-state index contributed by atoms with van der Waals surface area (Å²) < 4.78 is 0. The molecular formula is C27H44ClNO3. The lowest BCUT2D eigenvalue weighted by Crippen LogP contribution is -2.67. The summed E-state index contributed by atoms with van der Waals surface area (Å²) in [4.78, 5) is 23.5. The molecule has 0 radical (unpaired) electrons. The average Bonchev–Trinajstić information content (AvgIpc) is 3.05. The number of nitro groups is 1. The van der Waals surface area contributed by atoms with Gasteiger partial charge in [0.1, 0.15) is 10.7 Å². The first-order chi connectivity index (χ1) is 14.9. The minimum Gasteiger partial charge on any atom is -0.300 e. The van der Waals surface area contributed by atoms with E-state index in [-0.39, 0.29) is 22.5 Å². The fraction of sp³-hybridized carbons (Fsp3) is 0.963. The number of hydrogen-bond donors (Lipinski definition) is 0. The van der Waals surface area contributed by atoms with Crippen LogP contribution in [0.1, 0.15) is 105 Å². The predicted molar refractivity (Wildman–Crippen MR) is 129 cm³/mol. The number of carbonyl (C=O) groups excluding carboxylic acids is 1. The molecule has 0 aromatic heterocycles. The van der Waals surface area contributed by atoms with Crippen molar-refractivity contribution in [3.63, 3.8) is 0 Å². The second kappa shape index (κ2) is 8.54. The fourth-order valence-corrected chi connectivity index (χ4v) is 9.86. The Morgan fingerprint density at radius 3 is 2.47 bits per heavy atom. The van der Waals surface area contributed by atoms with Crippen molar-refractivity contribution in [1.29, 1.82) is 0 Å². The summed E-state index contributed by atoms with van der Waals surface area (Å²) in [7, 11) is 0. The first kappa shape index (κ1) is 24.5. The highest BCUT2D eigenvalue weighted by molar-refractivity contribution is 6.26. The maximum atomic E-state index is 12.4. The summed E-state index contributed by atoms with van der Waals surface area (Å²) in [5.74, 6) is 3.70. The Morgan fingerprint density at radius 2 is 1.81 bits per heavy atom. The monoisotopic (exact) mass is 465 g/mol. The molecule has 4 aliphatic carbocycles. The smallest absolute Gasteiger partial charge is 0.233 e. The standard InChI is InChI=1S/C27H44ClNO3/c1-17(2)7-6-8-18(3)21-9-10-22-20-15-24(29(31)32)27(28)16-19(30)11-14-26(27,5)23(20)12-13-25(21,22)4/h17-18,20-24H,6-16H2,1-5H3/t18-,20+,21-,22+,23+,24?,25-,26-,27?/m1/s1. The van der Waals surface area contributed by atoms with E-state index in [1.807, 2.05) is 0 Å². The summed E-state index contributed by atoms with van der Waals surface area (Å²) in [5.41, 5.74) is -0.0157. The van der Waals surface area contributed by atoms with Crippen LogP contribution in [0.3, 0.4) is 0 Å². The van der Waals surface area contributed by atoms with Gasteiger partial charge in [-0.25, -0.2) is 0 Å². The summed E-state index contributed by atoms with van der Waals surface area (Å²) >= 11 is 7.17. The number of carbonyl (C=O) groups is 1. The van der Waals surface area contributed by atoms with Crippen molar-refractivity contribution in [3.8, 4) is 0 Å². The van der Waals surface area contributed by atoms with Crippen molar-refractivity contribution in [1.82, 2.24) is 0 Å². The van der Waals surface area contributed by atoms with Crippen LogP contribution in [-0.4, -0.2) is 21.6 Å². The van der Waals surface area contributed by atoms with Crippen LogP contribution in [0.5, 0.6) is 0 Å². The van der Waals surface area contributed by atoms with Crippen molar-refractivity contribution < 1.29 is 9.72 Å². The van der Waals surface area contributed by atoms with E-state index in [1.165, 1.54) is 38.5 Å². The Bertz CT molecular complexity index is 755. The molecular weight excluding hydrogens is 422 g/mol. The first-order valence-corrected chi connectivity index (χ1v) is 13.7. The molecule has 5 heteroatoms. The molecule has 4 rings (SSSR count). The van der Waals surface area contributed by atoms with E-state index in [2.05, 4.69) is 34.6 Å². The minimum atomic E-state index is -1.01. The molecule has 182 valence electrons. The largest absolute Gasteiger partial charge is 0.300 e. The van der Waals surface area contributed by atoms with Gasteiger partial charge in [-0.15, -0.1) is 11.6 Å². The molecule has 4 fully saturated rings. The van der Waals surface area contributed by atoms with E-state index in [0.717, 1.165) is 30.6 Å². The van der Waals surface area contributed by atoms with Crippen molar-refractivity contribution in [2.24, 2.45) is 46.3 Å². The Kier molecular flexibility index (Phi) is 6.53. The van der Waals surface area contributed by atoms with Gasteiger partial charge >= 0.3 is 0 Å². The van der Waals surface area contributed by atoms with E-state index in [9.17, 15) is 14.9 Å². The van der Waals surface area contributed by atoms with Crippen molar-refractivity contribution >= 4 is 17.4 Å². The molecule has 2 unspecified atom stereocenters. The highest BCUT2D eigenvalue weighted by atomic mass is 35.5. The number of nitrogens with zero attached hydrogens (tertiary/aromatic N) is 1. The zero-order valence-corrected chi connectivity index (χ0v) is 21.6. The zero-order chi connectivity index (χ0) is 23.5. The number of rotatable bonds is 6. The number of ketones is 1. The lowest BCUT2D eigenvalue weighted by molar-refractivity contribution is -0.542. The molecule has 0 amide bonds. The van der Waals surface area contributed by atoms with Gasteiger partial charge in [0.15, 0.2) is 0 Å². The lowest BCUT2D eigenvalue weighted by Gasteiger charge is -2.63. The van der Waals surface area contributed by atoms with Crippen LogP contribution in [0.2, 0.25) is 0 Å². The van der Waals surface area contributed by atoms with E-state index >= 15 is 0 Å². The molecule has 0 saturated heterocycles. The highest BCUT2D eigenvalue weighted by Gasteiger charge is 2.70. The number of halogens is 1. The van der Waals surface area contributed by atoms with E-state index < -0.39 is 10.9 Å². The van der Waals surface area contributed by atoms with Crippen LogP contribution >= 0.6 is 11.6 Å². The van der Waals surface area contributed by atoms with Gasteiger partial charge in [0.05, 0.1) is 0 Å². The topological polar surface area (TPSA) is 60.2 Å². The number of hydrogen-bond acceptors (Lipinski definition) is 3. The molecule has 0 aliphatic heterocycles. The molecule has 4 saturated carbocycles. The quantitative estimate of drug-likeness (QED) is 0.235. The second-order valence-corrected chi connectivity index (χ2v) is 13.6. The number of fused-ring (bicyclic) bond motifs is 5. The van der Waals surface area contributed by atoms with Gasteiger partial charge in [0.2, 0.25) is 6.04 Å². The molecule has 0 heterocycles. The van der Waals surface area contributed by atoms with Gasteiger partial charge in [0, 0.05) is 24.2 Å². The van der Waals surface area contributed by atoms with Crippen LogP contribution in [0.4, 0.5) is 0 Å². The van der Waals surface area contributed by atoms with Crippen molar-refractivity contribution in [2.75, 3.05) is 0 Å². The Balaban J connectivity index is 1.59. The lowest BCUT2D eigenvalue weighted by atomic mass is 9.43. The molecule has 4 nitrogen and oxygen atoms in total. The Morgan fingerprint density at radius 1 is 1.09 bits per heavy atom. The number of alkyl halides is 1. The van der Waals surface area contributed by atoms with E-state index in [4.69, 9.17) is 11.6 Å². The van der Waals surface area contributed by atoms with Crippen molar-refractivity contribution in [3.05, 3.63) is 10.1 Å². The third-order valence-corrected chi connectivity index (χ3v) is 11.9. The molecule has 0 bridgehead atoms. The molecule has 9 atom stereocenters. The van der Waals surface area contributed by atoms with Gasteiger partial charge in [-0.3, -0.25) is 14.9 Å². The number of Topliss-reactive ketones (excluding diaryl/α,β-unsaturated/α-hetero) is 1. The maximum Gasteiger partial charge on any atom is 0.233 e. The molecule has 0 N–H and O–H groups in total. The van der Waals surface area contributed by atoms with Gasteiger partial charge in [-0.2, -0.15) is 0 Å². The summed E-state index contributed by atoms with van der Waals surface area (Å²) in [6.45, 7) is 11.8. The fourth-order valence-electron chi connectivity index (χ4n) is 9.31. The molecule has 0 spiro atoms. The first-order valence-electron chi connectivity index (χ1n) is 13.3. The van der Waals surface area contributed by atoms with Crippen LogP contribution in [0.25, 0.3) is 0 Å². The molecule has 0 aromatic carbocycles. The summed E-state index contributed by atoms with van der Waals surface area (Å²) in [5, 5.41) is 12.3. The van der Waals surface area contributed by atoms with E-state index in [0.29, 0.717) is 36.0 Å². The Hall–Kier alpha value is -0.640. The van der Waals surface area contributed by atoms with E-state index in [1.54, 1.807) is 0 Å². The third kappa shape index (κ3) is 3.66. The molecule has 4 aliphatic rings. The summed E-state index contributed by atoms with van der Waals surface area (Å²) in [6.07, 6.45) is 10.8. The third-order valence-electron chi connectivity index (χ3n) is 11.1. The van der Waals surface area contributed by atoms with Gasteiger partial charge in [-0.05, 0) is 78.4 Å². The SMILES string of the molecule is CC(C)CCC[C@@H](C)[C@H]1CC[C@H]2[C@@H]3CC([N+](=O)[O-])C4(Cl)CC(=O)CC[C@]4(C)[C@H]3CC[C@]12C.